The van der Waals surface area contributed by atoms with Crippen LogP contribution in [0.1, 0.15) is 0 Å². The zero-order valence-electron chi connectivity index (χ0n) is 28.5. The van der Waals surface area contributed by atoms with Crippen molar-refractivity contribution in [1.82, 2.24) is 9.55 Å². The van der Waals surface area contributed by atoms with Gasteiger partial charge in [-0.3, -0.25) is 0 Å². The highest BCUT2D eigenvalue weighted by molar-refractivity contribution is 7.26. The maximum Gasteiger partial charge on any atom is 0.124 e. The number of thiophene rings is 1. The van der Waals surface area contributed by atoms with Gasteiger partial charge < -0.3 is 4.57 Å². The zero-order chi connectivity index (χ0) is 34.9. The quantitative estimate of drug-likeness (QED) is 0.174. The average Bonchev–Trinajstić information content (AvgIpc) is 3.93. The second kappa shape index (κ2) is 12.1. The molecule has 8 aromatic carbocycles. The number of hydrogen-bond acceptors (Lipinski definition) is 3. The second-order valence-electron chi connectivity index (χ2n) is 13.5. The van der Waals surface area contributed by atoms with E-state index in [1.165, 1.54) is 80.1 Å². The average molecular weight is 711 g/mol. The number of fused-ring (bicyclic) bond motifs is 8. The summed E-state index contributed by atoms with van der Waals surface area (Å²) in [6, 6.07) is 65.9. The topological polar surface area (TPSA) is 17.8 Å². The summed E-state index contributed by atoms with van der Waals surface area (Å²) in [5.41, 5.74) is 13.1. The number of nitrogens with zero attached hydrogens (tertiary/aromatic N) is 2. The molecule has 0 saturated carbocycles. The first-order valence-corrected chi connectivity index (χ1v) is 19.5. The molecule has 3 heterocycles. The van der Waals surface area contributed by atoms with Gasteiger partial charge in [0.1, 0.15) is 5.01 Å². The van der Waals surface area contributed by atoms with Crippen molar-refractivity contribution in [2.45, 2.75) is 0 Å². The van der Waals surface area contributed by atoms with Crippen LogP contribution in [0, 0.1) is 0 Å². The van der Waals surface area contributed by atoms with E-state index in [1.54, 1.807) is 11.3 Å². The normalized spacial score (nSPS) is 11.8. The van der Waals surface area contributed by atoms with Gasteiger partial charge in [-0.2, -0.15) is 0 Å². The molecule has 0 radical (unpaired) electrons. The minimum Gasteiger partial charge on any atom is -0.309 e. The second-order valence-corrected chi connectivity index (χ2v) is 15.6. The van der Waals surface area contributed by atoms with E-state index in [-0.39, 0.29) is 0 Å². The van der Waals surface area contributed by atoms with Crippen LogP contribution >= 0.6 is 22.7 Å². The van der Waals surface area contributed by atoms with Crippen molar-refractivity contribution in [3.05, 3.63) is 182 Å². The highest BCUT2D eigenvalue weighted by Gasteiger charge is 2.19. The summed E-state index contributed by atoms with van der Waals surface area (Å²) >= 11 is 3.65. The molecule has 0 spiro atoms. The number of aromatic nitrogens is 2. The van der Waals surface area contributed by atoms with E-state index < -0.39 is 0 Å². The van der Waals surface area contributed by atoms with Gasteiger partial charge in [-0.1, -0.05) is 121 Å². The van der Waals surface area contributed by atoms with E-state index in [9.17, 15) is 0 Å². The van der Waals surface area contributed by atoms with Crippen LogP contribution in [0.25, 0.3) is 102 Å². The van der Waals surface area contributed by atoms with Gasteiger partial charge in [0.2, 0.25) is 0 Å². The molecule has 0 atom stereocenters. The summed E-state index contributed by atoms with van der Waals surface area (Å²) in [4.78, 5) is 5.41. The van der Waals surface area contributed by atoms with Crippen LogP contribution in [0.2, 0.25) is 0 Å². The van der Waals surface area contributed by atoms with E-state index in [0.717, 1.165) is 21.8 Å². The maximum atomic E-state index is 5.41. The molecule has 0 amide bonds. The van der Waals surface area contributed by atoms with Crippen molar-refractivity contribution < 1.29 is 0 Å². The highest BCUT2D eigenvalue weighted by Crippen LogP contribution is 2.46. The fourth-order valence-corrected chi connectivity index (χ4v) is 10.2. The van der Waals surface area contributed by atoms with E-state index in [2.05, 4.69) is 187 Å². The largest absolute Gasteiger partial charge is 0.309 e. The Balaban J connectivity index is 1.08. The van der Waals surface area contributed by atoms with E-state index in [0.29, 0.717) is 0 Å². The van der Waals surface area contributed by atoms with Crippen LogP contribution in [0.5, 0.6) is 0 Å². The zero-order valence-corrected chi connectivity index (χ0v) is 30.2. The fourth-order valence-electron chi connectivity index (χ4n) is 7.91. The van der Waals surface area contributed by atoms with Crippen molar-refractivity contribution in [2.75, 3.05) is 0 Å². The number of benzene rings is 8. The lowest BCUT2D eigenvalue weighted by atomic mass is 10.0. The summed E-state index contributed by atoms with van der Waals surface area (Å²) in [6.45, 7) is 0. The monoisotopic (exact) mass is 710 g/mol. The Morgan fingerprint density at radius 2 is 0.943 bits per heavy atom. The molecule has 0 saturated heterocycles. The molecule has 2 nitrogen and oxygen atoms in total. The fraction of sp³-hybridized carbons (Fsp3) is 0. The van der Waals surface area contributed by atoms with Gasteiger partial charge in [0.05, 0.1) is 21.3 Å². The third kappa shape index (κ3) is 4.95. The summed E-state index contributed by atoms with van der Waals surface area (Å²) in [6.07, 6.45) is 0. The lowest BCUT2D eigenvalue weighted by Crippen LogP contribution is -1.94. The molecule has 0 unspecified atom stereocenters. The van der Waals surface area contributed by atoms with Crippen LogP contribution in [0.3, 0.4) is 0 Å². The van der Waals surface area contributed by atoms with Crippen molar-refractivity contribution >= 4 is 74.9 Å². The van der Waals surface area contributed by atoms with E-state index in [4.69, 9.17) is 4.98 Å². The van der Waals surface area contributed by atoms with E-state index >= 15 is 0 Å². The summed E-state index contributed by atoms with van der Waals surface area (Å²) in [5.74, 6) is 0. The molecule has 11 aromatic rings. The van der Waals surface area contributed by atoms with Crippen molar-refractivity contribution in [1.29, 1.82) is 0 Å². The summed E-state index contributed by atoms with van der Waals surface area (Å²) in [7, 11) is 0. The Kier molecular flexibility index (Phi) is 6.94. The standard InChI is InChI=1S/C49H30N2S2/c1-4-12-31(13-5-1)35-22-26-42-40(28-35)41-29-36(32-14-6-2-7-15-32)23-27-43(41)51(42)37-24-20-34(21-25-37)49-50-47-46-38-18-10-11-19-44(38)52-45(46)30-39(48(47)53-49)33-16-8-3-9-17-33/h1-30H. The van der Waals surface area contributed by atoms with E-state index in [1.807, 2.05) is 11.3 Å². The van der Waals surface area contributed by atoms with Gasteiger partial charge >= 0.3 is 0 Å². The molecular formula is C49H30N2S2. The molecule has 0 bridgehead atoms. The van der Waals surface area contributed by atoms with Gasteiger partial charge in [0.15, 0.2) is 0 Å². The van der Waals surface area contributed by atoms with Gasteiger partial charge in [-0.05, 0) is 88.5 Å². The molecule has 53 heavy (non-hydrogen) atoms. The predicted molar refractivity (Wildman–Crippen MR) is 229 cm³/mol. The van der Waals surface area contributed by atoms with Gasteiger partial charge in [-0.15, -0.1) is 22.7 Å². The first-order chi connectivity index (χ1) is 26.3. The minimum absolute atomic E-state index is 1.04. The maximum absolute atomic E-state index is 5.41. The molecular weight excluding hydrogens is 681 g/mol. The number of thiazole rings is 1. The molecule has 4 heteroatoms. The van der Waals surface area contributed by atoms with Crippen molar-refractivity contribution in [3.8, 4) is 49.6 Å². The smallest absolute Gasteiger partial charge is 0.124 e. The molecule has 3 aromatic heterocycles. The molecule has 0 fully saturated rings. The first-order valence-electron chi connectivity index (χ1n) is 17.9. The summed E-state index contributed by atoms with van der Waals surface area (Å²) in [5, 5.41) is 6.06. The van der Waals surface area contributed by atoms with Crippen LogP contribution in [0.15, 0.2) is 182 Å². The molecule has 248 valence electrons. The summed E-state index contributed by atoms with van der Waals surface area (Å²) < 4.78 is 6.22. The third-order valence-corrected chi connectivity index (χ3v) is 12.7. The Bertz CT molecular complexity index is 3040. The SMILES string of the molecule is c1ccc(-c2ccc3c(c2)c2cc(-c4ccccc4)ccc2n3-c2ccc(-c3nc4c(s3)c(-c3ccccc3)cc3sc5ccccc5c34)cc2)cc1. The molecule has 0 aliphatic heterocycles. The molecule has 0 N–H and O–H groups in total. The number of rotatable bonds is 5. The van der Waals surface area contributed by atoms with Gasteiger partial charge in [-0.25, -0.2) is 4.98 Å². The van der Waals surface area contributed by atoms with Crippen molar-refractivity contribution in [2.24, 2.45) is 0 Å². The highest BCUT2D eigenvalue weighted by atomic mass is 32.1. The molecule has 11 rings (SSSR count). The number of hydrogen-bond donors (Lipinski definition) is 0. The Hall–Kier alpha value is -6.33. The Labute approximate surface area is 314 Å². The minimum atomic E-state index is 1.04. The van der Waals surface area contributed by atoms with Gasteiger partial charge in [0, 0.05) is 47.8 Å². The Morgan fingerprint density at radius 3 is 1.57 bits per heavy atom. The van der Waals surface area contributed by atoms with Gasteiger partial charge in [0.25, 0.3) is 0 Å². The first kappa shape index (κ1) is 30.3. The molecule has 0 aliphatic carbocycles. The Morgan fingerprint density at radius 1 is 0.396 bits per heavy atom. The third-order valence-electron chi connectivity index (χ3n) is 10.4. The van der Waals surface area contributed by atoms with Crippen LogP contribution in [-0.2, 0) is 0 Å². The van der Waals surface area contributed by atoms with Crippen LogP contribution < -0.4 is 0 Å². The van der Waals surface area contributed by atoms with Crippen LogP contribution in [0.4, 0.5) is 0 Å². The predicted octanol–water partition coefficient (Wildman–Crippen LogP) is 14.4. The lowest BCUT2D eigenvalue weighted by Gasteiger charge is -2.09. The lowest BCUT2D eigenvalue weighted by molar-refractivity contribution is 1.18. The van der Waals surface area contributed by atoms with Crippen LogP contribution in [-0.4, -0.2) is 9.55 Å². The molecule has 0 aliphatic rings. The van der Waals surface area contributed by atoms with Crippen molar-refractivity contribution in [3.63, 3.8) is 0 Å².